The van der Waals surface area contributed by atoms with Crippen molar-refractivity contribution in [2.24, 2.45) is 0 Å². The van der Waals surface area contributed by atoms with Gasteiger partial charge in [-0.1, -0.05) is 53.5 Å². The van der Waals surface area contributed by atoms with Gasteiger partial charge in [-0.25, -0.2) is 4.79 Å². The average molecular weight is 415 g/mol. The van der Waals surface area contributed by atoms with Crippen LogP contribution in [0.1, 0.15) is 26.3 Å². The highest BCUT2D eigenvalue weighted by Crippen LogP contribution is 2.23. The third-order valence-electron chi connectivity index (χ3n) is 3.91. The molecule has 0 saturated heterocycles. The lowest BCUT2D eigenvalue weighted by Gasteiger charge is -2.10. The van der Waals surface area contributed by atoms with Crippen molar-refractivity contribution in [3.63, 3.8) is 0 Å². The third-order valence-corrected chi connectivity index (χ3v) is 4.47. The number of esters is 1. The van der Waals surface area contributed by atoms with E-state index in [0.717, 1.165) is 0 Å². The largest absolute Gasteiger partial charge is 0.488 e. The zero-order valence-electron chi connectivity index (χ0n) is 14.7. The van der Waals surface area contributed by atoms with Crippen LogP contribution < -0.4 is 4.74 Å². The molecule has 0 heterocycles. The summed E-state index contributed by atoms with van der Waals surface area (Å²) in [6, 6.07) is 20.0. The smallest absolute Gasteiger partial charge is 0.339 e. The molecule has 0 spiro atoms. The van der Waals surface area contributed by atoms with Gasteiger partial charge in [0.15, 0.2) is 5.78 Å². The number of para-hydroxylation sites is 1. The predicted molar refractivity (Wildman–Crippen MR) is 109 cm³/mol. The van der Waals surface area contributed by atoms with E-state index in [0.29, 0.717) is 21.4 Å². The summed E-state index contributed by atoms with van der Waals surface area (Å²) in [5, 5.41) is 1.01. The molecular weight excluding hydrogens is 399 g/mol. The Morgan fingerprint density at radius 2 is 1.39 bits per heavy atom. The molecule has 0 fully saturated rings. The second kappa shape index (κ2) is 9.40. The Hall–Kier alpha value is -2.82. The van der Waals surface area contributed by atoms with Gasteiger partial charge in [-0.05, 0) is 42.5 Å². The molecule has 142 valence electrons. The van der Waals surface area contributed by atoms with Gasteiger partial charge < -0.3 is 9.47 Å². The number of hydrogen-bond acceptors (Lipinski definition) is 4. The van der Waals surface area contributed by atoms with Gasteiger partial charge in [0.1, 0.15) is 19.0 Å². The molecule has 0 atom stereocenters. The maximum Gasteiger partial charge on any atom is 0.339 e. The van der Waals surface area contributed by atoms with Gasteiger partial charge in [-0.3, -0.25) is 4.79 Å². The molecule has 0 aliphatic rings. The first-order chi connectivity index (χ1) is 13.6. The molecule has 6 heteroatoms. The zero-order chi connectivity index (χ0) is 19.9. The van der Waals surface area contributed by atoms with E-state index in [1.807, 2.05) is 0 Å². The van der Waals surface area contributed by atoms with E-state index in [1.165, 1.54) is 0 Å². The minimum absolute atomic E-state index is 0.0214. The van der Waals surface area contributed by atoms with Gasteiger partial charge in [0, 0.05) is 16.1 Å². The molecule has 0 aliphatic carbocycles. The first kappa shape index (κ1) is 19.9. The van der Waals surface area contributed by atoms with Crippen LogP contribution in [0.25, 0.3) is 0 Å². The Kier molecular flexibility index (Phi) is 6.69. The molecule has 0 radical (unpaired) electrons. The molecule has 3 aromatic rings. The molecular formula is C22H16Cl2O4. The Bertz CT molecular complexity index is 984. The normalized spacial score (nSPS) is 10.4. The number of ether oxygens (including phenoxy) is 2. The van der Waals surface area contributed by atoms with Crippen LogP contribution >= 0.6 is 23.2 Å². The van der Waals surface area contributed by atoms with Crippen molar-refractivity contribution in [3.8, 4) is 5.75 Å². The van der Waals surface area contributed by atoms with Crippen molar-refractivity contribution >= 4 is 35.0 Å². The first-order valence-corrected chi connectivity index (χ1v) is 9.25. The van der Waals surface area contributed by atoms with Crippen molar-refractivity contribution in [3.05, 3.63) is 99.5 Å². The molecule has 0 amide bonds. The number of rotatable bonds is 7. The number of benzene rings is 3. The van der Waals surface area contributed by atoms with Crippen molar-refractivity contribution in [2.75, 3.05) is 13.2 Å². The van der Waals surface area contributed by atoms with E-state index in [2.05, 4.69) is 0 Å². The van der Waals surface area contributed by atoms with Gasteiger partial charge in [0.05, 0.1) is 10.6 Å². The van der Waals surface area contributed by atoms with Gasteiger partial charge >= 0.3 is 5.97 Å². The number of hydrogen-bond donors (Lipinski definition) is 0. The fourth-order valence-electron chi connectivity index (χ4n) is 2.54. The Balaban J connectivity index is 1.65. The molecule has 3 aromatic carbocycles. The van der Waals surface area contributed by atoms with Crippen LogP contribution in [0.4, 0.5) is 0 Å². The summed E-state index contributed by atoms with van der Waals surface area (Å²) in [6.07, 6.45) is 0. The zero-order valence-corrected chi connectivity index (χ0v) is 16.2. The van der Waals surface area contributed by atoms with E-state index < -0.39 is 5.97 Å². The fourth-order valence-corrected chi connectivity index (χ4v) is 2.86. The third kappa shape index (κ3) is 4.91. The predicted octanol–water partition coefficient (Wildman–Crippen LogP) is 5.46. The minimum atomic E-state index is -0.597. The highest BCUT2D eigenvalue weighted by atomic mass is 35.5. The minimum Gasteiger partial charge on any atom is -0.488 e. The number of ketones is 1. The van der Waals surface area contributed by atoms with Crippen LogP contribution in [0.3, 0.4) is 0 Å². The molecule has 3 rings (SSSR count). The van der Waals surface area contributed by atoms with Crippen molar-refractivity contribution in [1.82, 2.24) is 0 Å². The molecule has 28 heavy (non-hydrogen) atoms. The van der Waals surface area contributed by atoms with Crippen LogP contribution in [0.15, 0.2) is 72.8 Å². The number of carbonyl (C=O) groups excluding carboxylic acids is 2. The van der Waals surface area contributed by atoms with Crippen LogP contribution in [0.5, 0.6) is 5.75 Å². The van der Waals surface area contributed by atoms with E-state index in [9.17, 15) is 9.59 Å². The molecule has 0 saturated carbocycles. The SMILES string of the molecule is O=C(OCCOc1ccccc1Cl)c1ccccc1C(=O)c1ccc(Cl)cc1. The van der Waals surface area contributed by atoms with Crippen molar-refractivity contribution in [1.29, 1.82) is 0 Å². The fraction of sp³-hybridized carbons (Fsp3) is 0.0909. The molecule has 0 bridgehead atoms. The quantitative estimate of drug-likeness (QED) is 0.292. The summed E-state index contributed by atoms with van der Waals surface area (Å²) in [7, 11) is 0. The standard InChI is InChI=1S/C22H16Cl2O4/c23-16-11-9-15(10-12-16)21(25)17-5-1-2-6-18(17)22(26)28-14-13-27-20-8-4-3-7-19(20)24/h1-12H,13-14H2. The summed E-state index contributed by atoms with van der Waals surface area (Å²) >= 11 is 11.9. The van der Waals surface area contributed by atoms with Crippen molar-refractivity contribution in [2.45, 2.75) is 0 Å². The lowest BCUT2D eigenvalue weighted by atomic mass is 9.98. The lowest BCUT2D eigenvalue weighted by Crippen LogP contribution is -2.16. The summed E-state index contributed by atoms with van der Waals surface area (Å²) in [4.78, 5) is 25.2. The summed E-state index contributed by atoms with van der Waals surface area (Å²) in [5.74, 6) is -0.365. The first-order valence-electron chi connectivity index (χ1n) is 8.50. The molecule has 0 aromatic heterocycles. The van der Waals surface area contributed by atoms with Gasteiger partial charge in [0.25, 0.3) is 0 Å². The van der Waals surface area contributed by atoms with Crippen molar-refractivity contribution < 1.29 is 19.1 Å². The van der Waals surface area contributed by atoms with E-state index in [1.54, 1.807) is 72.8 Å². The van der Waals surface area contributed by atoms with Crippen LogP contribution in [-0.4, -0.2) is 25.0 Å². The average Bonchev–Trinajstić information content (AvgIpc) is 2.72. The van der Waals surface area contributed by atoms with E-state index in [4.69, 9.17) is 32.7 Å². The van der Waals surface area contributed by atoms with Crippen LogP contribution in [0, 0.1) is 0 Å². The lowest BCUT2D eigenvalue weighted by molar-refractivity contribution is 0.0448. The highest BCUT2D eigenvalue weighted by Gasteiger charge is 2.19. The summed E-state index contributed by atoms with van der Waals surface area (Å²) in [6.45, 7) is 0.163. The Morgan fingerprint density at radius 3 is 2.11 bits per heavy atom. The van der Waals surface area contributed by atoms with E-state index in [-0.39, 0.29) is 30.1 Å². The summed E-state index contributed by atoms with van der Waals surface area (Å²) in [5.41, 5.74) is 0.897. The second-order valence-electron chi connectivity index (χ2n) is 5.80. The van der Waals surface area contributed by atoms with Gasteiger partial charge in [-0.2, -0.15) is 0 Å². The number of carbonyl (C=O) groups is 2. The Labute approximate surface area is 172 Å². The second-order valence-corrected chi connectivity index (χ2v) is 6.64. The molecule has 4 nitrogen and oxygen atoms in total. The topological polar surface area (TPSA) is 52.6 Å². The molecule has 0 aliphatic heterocycles. The van der Waals surface area contributed by atoms with E-state index >= 15 is 0 Å². The van der Waals surface area contributed by atoms with Crippen LogP contribution in [-0.2, 0) is 4.74 Å². The number of halogens is 2. The maximum absolute atomic E-state index is 12.7. The van der Waals surface area contributed by atoms with Gasteiger partial charge in [-0.15, -0.1) is 0 Å². The molecule has 0 N–H and O–H groups in total. The molecule has 0 unspecified atom stereocenters. The highest BCUT2D eigenvalue weighted by molar-refractivity contribution is 6.32. The Morgan fingerprint density at radius 1 is 0.750 bits per heavy atom. The monoisotopic (exact) mass is 414 g/mol. The van der Waals surface area contributed by atoms with Gasteiger partial charge in [0.2, 0.25) is 0 Å². The maximum atomic E-state index is 12.7. The summed E-state index contributed by atoms with van der Waals surface area (Å²) < 4.78 is 10.7. The van der Waals surface area contributed by atoms with Crippen LogP contribution in [0.2, 0.25) is 10.0 Å².